The lowest BCUT2D eigenvalue weighted by Crippen LogP contribution is -2.59. The minimum absolute atomic E-state index is 0.0732. The molecule has 35 heavy (non-hydrogen) atoms. The van der Waals surface area contributed by atoms with Crippen LogP contribution in [0, 0.1) is 5.41 Å². The molecule has 1 saturated carbocycles. The van der Waals surface area contributed by atoms with Crippen LogP contribution in [0.15, 0.2) is 35.7 Å². The molecule has 0 radical (unpaired) electrons. The number of carbonyl (C=O) groups is 3. The van der Waals surface area contributed by atoms with Crippen molar-refractivity contribution in [2.75, 3.05) is 6.54 Å². The third kappa shape index (κ3) is 5.41. The van der Waals surface area contributed by atoms with Crippen LogP contribution in [-0.4, -0.2) is 63.0 Å². The number of likely N-dealkylation sites (tertiary alicyclic amines) is 1. The lowest BCUT2D eigenvalue weighted by molar-refractivity contribution is -0.158. The Balaban J connectivity index is 1.43. The third-order valence-electron chi connectivity index (χ3n) is 7.00. The second-order valence-electron chi connectivity index (χ2n) is 10.9. The summed E-state index contributed by atoms with van der Waals surface area (Å²) >= 11 is 1.38. The van der Waals surface area contributed by atoms with Crippen LogP contribution in [0.2, 0.25) is 0 Å². The SMILES string of the molecule is CC(C)(C)N[C@@H]1CC[C@H](N2CC[C@H](NC(=O)c3csc(-c4ccccc4)n3)C2=O)[C@](C)(C(=O)O)C1. The van der Waals surface area contributed by atoms with Crippen molar-refractivity contribution in [3.63, 3.8) is 0 Å². The van der Waals surface area contributed by atoms with E-state index in [1.807, 2.05) is 30.3 Å². The minimum atomic E-state index is -1.06. The number of hydrogen-bond acceptors (Lipinski definition) is 6. The van der Waals surface area contributed by atoms with Gasteiger partial charge in [0.15, 0.2) is 0 Å². The molecule has 1 aliphatic carbocycles. The number of carboxylic acid groups (broad SMARTS) is 1. The number of benzene rings is 1. The summed E-state index contributed by atoms with van der Waals surface area (Å²) in [5.41, 5.74) is 0.0366. The van der Waals surface area contributed by atoms with Gasteiger partial charge < -0.3 is 20.6 Å². The first-order valence-corrected chi connectivity index (χ1v) is 13.0. The molecule has 2 heterocycles. The van der Waals surface area contributed by atoms with Crippen molar-refractivity contribution in [2.45, 2.75) is 77.0 Å². The molecule has 2 fully saturated rings. The van der Waals surface area contributed by atoms with Crippen LogP contribution in [-0.2, 0) is 9.59 Å². The zero-order valence-electron chi connectivity index (χ0n) is 20.7. The molecule has 1 aliphatic heterocycles. The number of thiazole rings is 1. The van der Waals surface area contributed by atoms with E-state index in [1.165, 1.54) is 11.3 Å². The summed E-state index contributed by atoms with van der Waals surface area (Å²) in [6.45, 7) is 8.38. The summed E-state index contributed by atoms with van der Waals surface area (Å²) in [7, 11) is 0. The lowest BCUT2D eigenvalue weighted by atomic mass is 9.68. The van der Waals surface area contributed by atoms with E-state index in [9.17, 15) is 19.5 Å². The van der Waals surface area contributed by atoms with Crippen LogP contribution in [0.3, 0.4) is 0 Å². The molecule has 2 amide bonds. The summed E-state index contributed by atoms with van der Waals surface area (Å²) in [6.07, 6.45) is 2.31. The van der Waals surface area contributed by atoms with E-state index in [-0.39, 0.29) is 29.1 Å². The van der Waals surface area contributed by atoms with Crippen LogP contribution in [0.5, 0.6) is 0 Å². The topological polar surface area (TPSA) is 112 Å². The molecule has 1 saturated heterocycles. The highest BCUT2D eigenvalue weighted by Crippen LogP contribution is 2.41. The van der Waals surface area contributed by atoms with Crippen molar-refractivity contribution in [2.24, 2.45) is 5.41 Å². The summed E-state index contributed by atoms with van der Waals surface area (Å²) in [5.74, 6) is -1.49. The fourth-order valence-electron chi connectivity index (χ4n) is 5.36. The molecular formula is C26H34N4O4S. The van der Waals surface area contributed by atoms with Crippen LogP contribution in [0.25, 0.3) is 10.6 Å². The van der Waals surface area contributed by atoms with Crippen LogP contribution in [0.4, 0.5) is 0 Å². The lowest BCUT2D eigenvalue weighted by Gasteiger charge is -2.47. The second-order valence-corrected chi connectivity index (χ2v) is 11.7. The fourth-order valence-corrected chi connectivity index (χ4v) is 6.17. The van der Waals surface area contributed by atoms with Gasteiger partial charge in [-0.25, -0.2) is 4.98 Å². The van der Waals surface area contributed by atoms with E-state index in [2.05, 4.69) is 36.4 Å². The van der Waals surface area contributed by atoms with Crippen molar-refractivity contribution < 1.29 is 19.5 Å². The maximum atomic E-state index is 13.3. The molecule has 0 unspecified atom stereocenters. The highest BCUT2D eigenvalue weighted by molar-refractivity contribution is 7.13. The first-order chi connectivity index (χ1) is 16.5. The van der Waals surface area contributed by atoms with Crippen molar-refractivity contribution in [3.05, 3.63) is 41.4 Å². The van der Waals surface area contributed by atoms with E-state index >= 15 is 0 Å². The standard InChI is InChI=1S/C26H34N4O4S/c1-25(2,3)29-17-10-11-20(26(4,14-17)24(33)34)30-13-12-18(23(30)32)27-21(31)19-15-35-22(28-19)16-8-6-5-7-9-16/h5-9,15,17-18,20,29H,10-14H2,1-4H3,(H,27,31)(H,33,34)/t17-,18+,20+,26-/m1/s1. The number of rotatable bonds is 6. The minimum Gasteiger partial charge on any atom is -0.481 e. The van der Waals surface area contributed by atoms with Gasteiger partial charge >= 0.3 is 5.97 Å². The van der Waals surface area contributed by atoms with Crippen LogP contribution >= 0.6 is 11.3 Å². The molecule has 8 nitrogen and oxygen atoms in total. The van der Waals surface area contributed by atoms with E-state index in [4.69, 9.17) is 0 Å². The maximum Gasteiger partial charge on any atom is 0.311 e. The average molecular weight is 499 g/mol. The van der Waals surface area contributed by atoms with Crippen LogP contribution < -0.4 is 10.6 Å². The van der Waals surface area contributed by atoms with Gasteiger partial charge in [0, 0.05) is 35.1 Å². The number of nitrogens with one attached hydrogen (secondary N) is 2. The van der Waals surface area contributed by atoms with Crippen molar-refractivity contribution in [1.82, 2.24) is 20.5 Å². The number of carboxylic acids is 1. The van der Waals surface area contributed by atoms with Gasteiger partial charge in [0.1, 0.15) is 16.7 Å². The molecule has 2 aliphatic rings. The Morgan fingerprint density at radius 3 is 2.54 bits per heavy atom. The summed E-state index contributed by atoms with van der Waals surface area (Å²) < 4.78 is 0. The molecule has 9 heteroatoms. The Bertz CT molecular complexity index is 1100. The van der Waals surface area contributed by atoms with Crippen molar-refractivity contribution in [3.8, 4) is 10.6 Å². The number of aliphatic carboxylic acids is 1. The highest BCUT2D eigenvalue weighted by Gasteiger charge is 2.52. The van der Waals surface area contributed by atoms with Gasteiger partial charge in [-0.3, -0.25) is 14.4 Å². The zero-order valence-corrected chi connectivity index (χ0v) is 21.5. The predicted molar refractivity (Wildman–Crippen MR) is 135 cm³/mol. The number of nitrogens with zero attached hydrogens (tertiary/aromatic N) is 2. The molecule has 188 valence electrons. The van der Waals surface area contributed by atoms with Crippen molar-refractivity contribution >= 4 is 29.1 Å². The Kier molecular flexibility index (Phi) is 7.02. The first-order valence-electron chi connectivity index (χ1n) is 12.1. The summed E-state index contributed by atoms with van der Waals surface area (Å²) in [6, 6.07) is 8.62. The molecule has 0 spiro atoms. The largest absolute Gasteiger partial charge is 0.481 e. The highest BCUT2D eigenvalue weighted by atomic mass is 32.1. The average Bonchev–Trinajstić information content (AvgIpc) is 3.41. The smallest absolute Gasteiger partial charge is 0.311 e. The molecule has 1 aromatic carbocycles. The molecule has 4 rings (SSSR count). The maximum absolute atomic E-state index is 13.3. The number of carbonyl (C=O) groups excluding carboxylic acids is 2. The van der Waals surface area contributed by atoms with Gasteiger partial charge in [0.05, 0.1) is 5.41 Å². The summed E-state index contributed by atoms with van der Waals surface area (Å²) in [5, 5.41) is 18.9. The molecule has 4 atom stereocenters. The zero-order chi connectivity index (χ0) is 25.4. The third-order valence-corrected chi connectivity index (χ3v) is 7.89. The Hall–Kier alpha value is -2.78. The monoisotopic (exact) mass is 498 g/mol. The molecular weight excluding hydrogens is 464 g/mol. The number of amides is 2. The predicted octanol–water partition coefficient (Wildman–Crippen LogP) is 3.54. The van der Waals surface area contributed by atoms with Gasteiger partial charge in [-0.15, -0.1) is 11.3 Å². The Labute approximate surface area is 210 Å². The first kappa shape index (κ1) is 25.3. The second kappa shape index (κ2) is 9.70. The Morgan fingerprint density at radius 1 is 1.17 bits per heavy atom. The molecule has 0 bridgehead atoms. The van der Waals surface area contributed by atoms with Gasteiger partial charge in [0.2, 0.25) is 5.91 Å². The molecule has 1 aromatic heterocycles. The summed E-state index contributed by atoms with van der Waals surface area (Å²) in [4.78, 5) is 44.7. The number of hydrogen-bond donors (Lipinski definition) is 3. The fraction of sp³-hybridized carbons (Fsp3) is 0.538. The van der Waals surface area contributed by atoms with E-state index in [0.717, 1.165) is 17.0 Å². The van der Waals surface area contributed by atoms with Crippen molar-refractivity contribution in [1.29, 1.82) is 0 Å². The van der Waals surface area contributed by atoms with Gasteiger partial charge in [0.25, 0.3) is 5.91 Å². The molecule has 3 N–H and O–H groups in total. The van der Waals surface area contributed by atoms with E-state index in [1.54, 1.807) is 17.2 Å². The van der Waals surface area contributed by atoms with Gasteiger partial charge in [-0.2, -0.15) is 0 Å². The normalized spacial score (nSPS) is 27.1. The quantitative estimate of drug-likeness (QED) is 0.562. The van der Waals surface area contributed by atoms with Gasteiger partial charge in [-0.1, -0.05) is 30.3 Å². The Morgan fingerprint density at radius 2 is 1.89 bits per heavy atom. The van der Waals surface area contributed by atoms with Crippen LogP contribution in [0.1, 0.15) is 63.9 Å². The number of aromatic nitrogens is 1. The van der Waals surface area contributed by atoms with Gasteiger partial charge in [-0.05, 0) is 53.4 Å². The van der Waals surface area contributed by atoms with E-state index in [0.29, 0.717) is 25.8 Å². The van der Waals surface area contributed by atoms with E-state index < -0.39 is 23.5 Å². The molecule has 2 aromatic rings.